The van der Waals surface area contributed by atoms with Gasteiger partial charge in [-0.25, -0.2) is 4.79 Å². The van der Waals surface area contributed by atoms with Crippen molar-refractivity contribution in [2.45, 2.75) is 69.1 Å². The third-order valence-electron chi connectivity index (χ3n) is 8.73. The van der Waals surface area contributed by atoms with Crippen LogP contribution in [-0.4, -0.2) is 55.4 Å². The first kappa shape index (κ1) is 31.3. The Hall–Kier alpha value is -3.69. The summed E-state index contributed by atoms with van der Waals surface area (Å²) in [5.74, 6) is -0.601. The summed E-state index contributed by atoms with van der Waals surface area (Å²) in [5, 5.41) is 7.12. The molecule has 3 atom stereocenters. The lowest BCUT2D eigenvalue weighted by Crippen LogP contribution is -2.57. The van der Waals surface area contributed by atoms with Gasteiger partial charge in [-0.2, -0.15) is 0 Å². The molecule has 3 aliphatic rings. The van der Waals surface area contributed by atoms with Crippen molar-refractivity contribution in [3.05, 3.63) is 87.4 Å². The van der Waals surface area contributed by atoms with Gasteiger partial charge in [0.15, 0.2) is 0 Å². The van der Waals surface area contributed by atoms with Crippen LogP contribution in [0, 0.1) is 0 Å². The minimum absolute atomic E-state index is 0.0173. The molecule has 45 heavy (non-hydrogen) atoms. The van der Waals surface area contributed by atoms with Crippen molar-refractivity contribution < 1.29 is 23.9 Å². The normalized spacial score (nSPS) is 23.4. The monoisotopic (exact) mass is 645 g/mol. The van der Waals surface area contributed by atoms with Gasteiger partial charge in [0.2, 0.25) is 11.8 Å². The van der Waals surface area contributed by atoms with E-state index in [1.807, 2.05) is 32.9 Å². The van der Waals surface area contributed by atoms with Gasteiger partial charge in [0.25, 0.3) is 0 Å². The summed E-state index contributed by atoms with van der Waals surface area (Å²) in [4.78, 5) is 42.2. The molecule has 1 spiro atoms. The summed E-state index contributed by atoms with van der Waals surface area (Å²) in [6, 6.07) is 17.1. The van der Waals surface area contributed by atoms with Gasteiger partial charge in [-0.3, -0.25) is 9.59 Å². The number of anilines is 1. The minimum atomic E-state index is -1.27. The molecular weight excluding hydrogens is 612 g/mol. The summed E-state index contributed by atoms with van der Waals surface area (Å²) in [5.41, 5.74) is 1.28. The van der Waals surface area contributed by atoms with Gasteiger partial charge < -0.3 is 25.0 Å². The van der Waals surface area contributed by atoms with E-state index in [1.54, 1.807) is 53.4 Å². The fourth-order valence-electron chi connectivity index (χ4n) is 6.84. The molecule has 3 aromatic rings. The third kappa shape index (κ3) is 6.00. The van der Waals surface area contributed by atoms with E-state index in [2.05, 4.69) is 10.6 Å². The molecule has 2 fully saturated rings. The lowest BCUT2D eigenvalue weighted by Gasteiger charge is -2.47. The average Bonchev–Trinajstić information content (AvgIpc) is 3.25. The number of nitrogens with one attached hydrogen (secondary N) is 2. The van der Waals surface area contributed by atoms with Gasteiger partial charge >= 0.3 is 6.09 Å². The number of nitrogens with zero attached hydrogens (tertiary/aromatic N) is 1. The van der Waals surface area contributed by atoms with Crippen molar-refractivity contribution in [3.8, 4) is 5.75 Å². The van der Waals surface area contributed by atoms with Gasteiger partial charge in [-0.15, -0.1) is 0 Å². The average molecular weight is 646 g/mol. The van der Waals surface area contributed by atoms with Crippen molar-refractivity contribution in [3.63, 3.8) is 0 Å². The summed E-state index contributed by atoms with van der Waals surface area (Å²) >= 11 is 12.8. The van der Waals surface area contributed by atoms with E-state index in [0.717, 1.165) is 0 Å². The zero-order valence-corrected chi connectivity index (χ0v) is 26.9. The van der Waals surface area contributed by atoms with Gasteiger partial charge in [-0.1, -0.05) is 59.0 Å². The highest BCUT2D eigenvalue weighted by molar-refractivity contribution is 6.32. The number of amides is 3. The largest absolute Gasteiger partial charge is 0.490 e. The predicted molar refractivity (Wildman–Crippen MR) is 175 cm³/mol. The van der Waals surface area contributed by atoms with E-state index in [1.165, 1.54) is 0 Å². The number of likely N-dealkylation sites (tertiary alicyclic amines) is 1. The molecule has 0 aromatic heterocycles. The molecule has 3 aliphatic heterocycles. The second kappa shape index (κ2) is 11.9. The Labute approximate surface area is 274 Å². The lowest BCUT2D eigenvalue weighted by atomic mass is 9.59. The fraction of sp³-hybridized carbons (Fsp3) is 0.382. The highest BCUT2D eigenvalue weighted by Gasteiger charge is 2.61. The van der Waals surface area contributed by atoms with Gasteiger partial charge in [0, 0.05) is 54.0 Å². The molecule has 0 saturated carbocycles. The number of benzene rings is 3. The Morgan fingerprint density at radius 1 is 1.00 bits per heavy atom. The van der Waals surface area contributed by atoms with Crippen LogP contribution in [0.3, 0.4) is 0 Å². The van der Waals surface area contributed by atoms with Crippen molar-refractivity contribution >= 4 is 60.1 Å². The maximum absolute atomic E-state index is 14.4. The number of piperidine rings is 2. The fourth-order valence-corrected chi connectivity index (χ4v) is 7.21. The van der Waals surface area contributed by atoms with Crippen LogP contribution in [0.2, 0.25) is 10.0 Å². The highest BCUT2D eigenvalue weighted by Crippen LogP contribution is 2.58. The molecule has 3 heterocycles. The highest BCUT2D eigenvalue weighted by atomic mass is 35.5. The van der Waals surface area contributed by atoms with Crippen molar-refractivity contribution in [1.82, 2.24) is 10.2 Å². The van der Waals surface area contributed by atoms with Crippen LogP contribution in [0.25, 0.3) is 0 Å². The van der Waals surface area contributed by atoms with Crippen LogP contribution in [-0.2, 0) is 19.7 Å². The Morgan fingerprint density at radius 2 is 1.73 bits per heavy atom. The number of hydrogen-bond acceptors (Lipinski definition) is 5. The summed E-state index contributed by atoms with van der Waals surface area (Å²) in [7, 11) is 6.36. The molecule has 8 nitrogen and oxygen atoms in total. The topological polar surface area (TPSA) is 97.0 Å². The molecule has 3 amide bonds. The second-order valence-electron chi connectivity index (χ2n) is 12.9. The summed E-state index contributed by atoms with van der Waals surface area (Å²) in [6.45, 7) is 6.49. The summed E-state index contributed by atoms with van der Waals surface area (Å²) in [6.07, 6.45) is 0.649. The summed E-state index contributed by atoms with van der Waals surface area (Å²) < 4.78 is 12.2. The van der Waals surface area contributed by atoms with E-state index in [0.29, 0.717) is 69.6 Å². The Morgan fingerprint density at radius 3 is 2.44 bits per heavy atom. The van der Waals surface area contributed by atoms with E-state index < -0.39 is 23.0 Å². The predicted octanol–water partition coefficient (Wildman–Crippen LogP) is 5.80. The zero-order valence-electron chi connectivity index (χ0n) is 25.4. The Balaban J connectivity index is 1.40. The number of halogens is 2. The zero-order chi connectivity index (χ0) is 32.1. The van der Waals surface area contributed by atoms with Gasteiger partial charge in [-0.05, 0) is 67.8 Å². The number of fused-ring (bicyclic) bond motifs is 2. The smallest absolute Gasteiger partial charge is 0.410 e. The first-order chi connectivity index (χ1) is 21.3. The first-order valence-corrected chi connectivity index (χ1v) is 15.8. The van der Waals surface area contributed by atoms with Crippen molar-refractivity contribution in [1.29, 1.82) is 0 Å². The molecule has 6 rings (SSSR count). The molecular formula is C34H34BCl2N3O5. The van der Waals surface area contributed by atoms with Crippen LogP contribution in [0.5, 0.6) is 5.75 Å². The lowest BCUT2D eigenvalue weighted by molar-refractivity contribution is -0.131. The molecule has 2 saturated heterocycles. The van der Waals surface area contributed by atoms with Gasteiger partial charge in [0.1, 0.15) is 30.7 Å². The molecule has 232 valence electrons. The molecule has 0 unspecified atom stereocenters. The third-order valence-corrected chi connectivity index (χ3v) is 9.20. The Kier molecular flexibility index (Phi) is 8.29. The van der Waals surface area contributed by atoms with Crippen LogP contribution in [0.15, 0.2) is 60.7 Å². The maximum atomic E-state index is 14.4. The standard InChI is InChI=1S/C34H34BCl2N3O5/c1-33(2,3)45-32(43)40-13-11-23(12-14-40)44-28-10-7-20(35)16-24(28)26-18-29(41)39-30(19-5-4-6-21(36)15-19)34(26)25-9-8-22(37)17-27(25)38-31(34)42/h4-10,15-17,23,26,30H,11-14,18H2,1-3H3,(H,38,42)(H,39,41)/t26-,30+,34-/m1/s1. The van der Waals surface area contributed by atoms with Crippen LogP contribution in [0.1, 0.15) is 68.7 Å². The van der Waals surface area contributed by atoms with E-state index in [-0.39, 0.29) is 30.4 Å². The van der Waals surface area contributed by atoms with E-state index >= 15 is 0 Å². The number of carbonyl (C=O) groups is 3. The maximum Gasteiger partial charge on any atom is 0.410 e. The number of carbonyl (C=O) groups excluding carboxylic acids is 3. The molecule has 11 heteroatoms. The molecule has 0 bridgehead atoms. The van der Waals surface area contributed by atoms with Gasteiger partial charge in [0.05, 0.1) is 6.04 Å². The van der Waals surface area contributed by atoms with Crippen LogP contribution >= 0.6 is 23.2 Å². The van der Waals surface area contributed by atoms with E-state index in [4.69, 9.17) is 40.5 Å². The Bertz CT molecular complexity index is 1670. The van der Waals surface area contributed by atoms with Crippen LogP contribution < -0.4 is 20.8 Å². The minimum Gasteiger partial charge on any atom is -0.490 e. The van der Waals surface area contributed by atoms with E-state index in [9.17, 15) is 14.4 Å². The number of ether oxygens (including phenoxy) is 2. The second-order valence-corrected chi connectivity index (χ2v) is 13.8. The number of hydrogen-bond donors (Lipinski definition) is 2. The molecule has 0 aliphatic carbocycles. The quantitative estimate of drug-likeness (QED) is 0.350. The van der Waals surface area contributed by atoms with Crippen molar-refractivity contribution in [2.24, 2.45) is 0 Å². The molecule has 2 N–H and O–H groups in total. The molecule has 2 radical (unpaired) electrons. The van der Waals surface area contributed by atoms with Crippen molar-refractivity contribution in [2.75, 3.05) is 18.4 Å². The first-order valence-electron chi connectivity index (χ1n) is 15.1. The number of rotatable bonds is 4. The molecule has 3 aromatic carbocycles. The SMILES string of the molecule is [B]c1ccc(OC2CCN(C(=O)OC(C)(C)C)CC2)c([C@H]2CC(=O)N[C@@H](c3cccc(Cl)c3)[C@]23C(=O)Nc2cc(Cl)ccc23)c1. The van der Waals surface area contributed by atoms with Crippen LogP contribution in [0.4, 0.5) is 10.5 Å².